The summed E-state index contributed by atoms with van der Waals surface area (Å²) in [5.74, 6) is 0.0865. The lowest BCUT2D eigenvalue weighted by Gasteiger charge is -2.13. The lowest BCUT2D eigenvalue weighted by molar-refractivity contribution is 0.190. The van der Waals surface area contributed by atoms with E-state index in [2.05, 4.69) is 12.1 Å². The summed E-state index contributed by atoms with van der Waals surface area (Å²) in [7, 11) is 0. The van der Waals surface area contributed by atoms with Gasteiger partial charge in [0.25, 0.3) is 0 Å². The molecule has 2 nitrogen and oxygen atoms in total. The van der Waals surface area contributed by atoms with Gasteiger partial charge in [0.2, 0.25) is 0 Å². The van der Waals surface area contributed by atoms with Crippen LogP contribution in [0.4, 0.5) is 4.39 Å². The van der Waals surface area contributed by atoms with E-state index in [1.165, 1.54) is 17.7 Å². The molecular formula is C18H21FO2. The van der Waals surface area contributed by atoms with E-state index in [-0.39, 0.29) is 5.82 Å². The van der Waals surface area contributed by atoms with Gasteiger partial charge in [0, 0.05) is 11.6 Å². The molecule has 3 heteroatoms. The van der Waals surface area contributed by atoms with Crippen molar-refractivity contribution < 1.29 is 14.2 Å². The number of ether oxygens (including phenoxy) is 1. The van der Waals surface area contributed by atoms with Gasteiger partial charge in [0.15, 0.2) is 0 Å². The smallest absolute Gasteiger partial charge is 0.127 e. The molecule has 0 aromatic heterocycles. The molecule has 0 radical (unpaired) electrons. The summed E-state index contributed by atoms with van der Waals surface area (Å²) < 4.78 is 18.9. The van der Waals surface area contributed by atoms with Crippen molar-refractivity contribution in [2.75, 3.05) is 6.61 Å². The van der Waals surface area contributed by atoms with Gasteiger partial charge in [-0.05, 0) is 43.9 Å². The Labute approximate surface area is 125 Å². The monoisotopic (exact) mass is 288 g/mol. The van der Waals surface area contributed by atoms with Crippen molar-refractivity contribution in [3.05, 3.63) is 65.5 Å². The molecule has 0 saturated heterocycles. The number of aliphatic hydroxyl groups is 1. The number of halogens is 1. The summed E-state index contributed by atoms with van der Waals surface area (Å²) >= 11 is 0. The lowest BCUT2D eigenvalue weighted by Crippen LogP contribution is -2.03. The Hall–Kier alpha value is -1.87. The Balaban J connectivity index is 1.79. The molecule has 0 aliphatic heterocycles. The highest BCUT2D eigenvalue weighted by Crippen LogP contribution is 2.26. The number of aryl methyl sites for hydroxylation is 1. The summed E-state index contributed by atoms with van der Waals surface area (Å²) in [5.41, 5.74) is 1.94. The molecule has 0 aliphatic carbocycles. The Morgan fingerprint density at radius 3 is 2.57 bits per heavy atom. The van der Waals surface area contributed by atoms with Crippen LogP contribution in [-0.4, -0.2) is 11.7 Å². The third-order valence-electron chi connectivity index (χ3n) is 3.39. The van der Waals surface area contributed by atoms with Crippen molar-refractivity contribution in [3.63, 3.8) is 0 Å². The van der Waals surface area contributed by atoms with Crippen LogP contribution < -0.4 is 4.74 Å². The maximum atomic E-state index is 13.2. The largest absolute Gasteiger partial charge is 0.493 e. The van der Waals surface area contributed by atoms with Gasteiger partial charge in [0.1, 0.15) is 11.6 Å². The second-order valence-corrected chi connectivity index (χ2v) is 5.15. The van der Waals surface area contributed by atoms with Gasteiger partial charge in [0.05, 0.1) is 12.7 Å². The molecule has 0 amide bonds. The zero-order valence-corrected chi connectivity index (χ0v) is 12.3. The zero-order chi connectivity index (χ0) is 15.1. The van der Waals surface area contributed by atoms with Crippen molar-refractivity contribution in [1.29, 1.82) is 0 Å². The molecule has 21 heavy (non-hydrogen) atoms. The van der Waals surface area contributed by atoms with Gasteiger partial charge in [-0.15, -0.1) is 0 Å². The molecule has 0 heterocycles. The predicted molar refractivity (Wildman–Crippen MR) is 81.9 cm³/mol. The number of benzene rings is 2. The average Bonchev–Trinajstić information content (AvgIpc) is 2.48. The van der Waals surface area contributed by atoms with Crippen molar-refractivity contribution >= 4 is 0 Å². The molecule has 0 spiro atoms. The first-order valence-electron chi connectivity index (χ1n) is 7.31. The summed E-state index contributed by atoms with van der Waals surface area (Å²) in [6, 6.07) is 14.5. The van der Waals surface area contributed by atoms with E-state index < -0.39 is 6.10 Å². The molecule has 2 aromatic rings. The Morgan fingerprint density at radius 1 is 1.10 bits per heavy atom. The van der Waals surface area contributed by atoms with Crippen LogP contribution in [0.1, 0.15) is 37.0 Å². The minimum atomic E-state index is -0.662. The van der Waals surface area contributed by atoms with Crippen LogP contribution in [0.3, 0.4) is 0 Å². The van der Waals surface area contributed by atoms with Gasteiger partial charge in [-0.2, -0.15) is 0 Å². The molecular weight excluding hydrogens is 267 g/mol. The molecule has 112 valence electrons. The normalized spacial score (nSPS) is 12.1. The molecule has 1 atom stereocenters. The van der Waals surface area contributed by atoms with Gasteiger partial charge in [-0.1, -0.05) is 30.3 Å². The molecule has 2 aromatic carbocycles. The maximum absolute atomic E-state index is 13.2. The molecule has 0 saturated carbocycles. The first-order valence-corrected chi connectivity index (χ1v) is 7.31. The van der Waals surface area contributed by atoms with Crippen LogP contribution in [0.25, 0.3) is 0 Å². The summed E-state index contributed by atoms with van der Waals surface area (Å²) in [4.78, 5) is 0. The number of hydrogen-bond donors (Lipinski definition) is 1. The third kappa shape index (κ3) is 4.87. The van der Waals surface area contributed by atoms with Crippen LogP contribution in [0.2, 0.25) is 0 Å². The van der Waals surface area contributed by atoms with Crippen molar-refractivity contribution in [2.24, 2.45) is 0 Å². The zero-order valence-electron chi connectivity index (χ0n) is 12.3. The van der Waals surface area contributed by atoms with Gasteiger partial charge < -0.3 is 9.84 Å². The van der Waals surface area contributed by atoms with Crippen molar-refractivity contribution in [2.45, 2.75) is 32.3 Å². The second kappa shape index (κ2) is 7.79. The van der Waals surface area contributed by atoms with Gasteiger partial charge in [-0.25, -0.2) is 4.39 Å². The standard InChI is InChI=1S/C18H21FO2/c1-14(20)17-11-10-16(19)13-18(17)21-12-6-5-9-15-7-3-2-4-8-15/h2-4,7-8,10-11,13-14,20H,5-6,9,12H2,1H3. The van der Waals surface area contributed by atoms with Gasteiger partial charge >= 0.3 is 0 Å². The molecule has 1 N–H and O–H groups in total. The fourth-order valence-corrected chi connectivity index (χ4v) is 2.24. The van der Waals surface area contributed by atoms with E-state index in [9.17, 15) is 9.50 Å². The summed E-state index contributed by atoms with van der Waals surface area (Å²) in [5, 5.41) is 9.64. The van der Waals surface area contributed by atoms with E-state index in [0.29, 0.717) is 17.9 Å². The van der Waals surface area contributed by atoms with Crippen LogP contribution in [0, 0.1) is 5.82 Å². The van der Waals surface area contributed by atoms with E-state index in [0.717, 1.165) is 19.3 Å². The molecule has 0 aliphatic rings. The lowest BCUT2D eigenvalue weighted by atomic mass is 10.1. The average molecular weight is 288 g/mol. The number of hydrogen-bond acceptors (Lipinski definition) is 2. The summed E-state index contributed by atoms with van der Waals surface area (Å²) in [6.07, 6.45) is 2.26. The molecule has 1 unspecified atom stereocenters. The molecule has 0 fully saturated rings. The number of aliphatic hydroxyl groups excluding tert-OH is 1. The van der Waals surface area contributed by atoms with E-state index >= 15 is 0 Å². The highest BCUT2D eigenvalue weighted by atomic mass is 19.1. The Bertz CT molecular complexity index is 552. The van der Waals surface area contributed by atoms with Crippen LogP contribution in [0.5, 0.6) is 5.75 Å². The van der Waals surface area contributed by atoms with E-state index in [4.69, 9.17) is 4.74 Å². The highest BCUT2D eigenvalue weighted by Gasteiger charge is 2.10. The first-order chi connectivity index (χ1) is 10.2. The van der Waals surface area contributed by atoms with Crippen LogP contribution >= 0.6 is 0 Å². The Morgan fingerprint density at radius 2 is 1.86 bits per heavy atom. The highest BCUT2D eigenvalue weighted by molar-refractivity contribution is 5.35. The van der Waals surface area contributed by atoms with Crippen molar-refractivity contribution in [3.8, 4) is 5.75 Å². The van der Waals surface area contributed by atoms with E-state index in [1.54, 1.807) is 13.0 Å². The molecule has 0 bridgehead atoms. The van der Waals surface area contributed by atoms with Crippen LogP contribution in [0.15, 0.2) is 48.5 Å². The summed E-state index contributed by atoms with van der Waals surface area (Å²) in [6.45, 7) is 2.17. The molecule has 2 rings (SSSR count). The van der Waals surface area contributed by atoms with E-state index in [1.807, 2.05) is 18.2 Å². The van der Waals surface area contributed by atoms with Crippen molar-refractivity contribution in [1.82, 2.24) is 0 Å². The predicted octanol–water partition coefficient (Wildman–Crippen LogP) is 4.28. The number of unbranched alkanes of at least 4 members (excludes halogenated alkanes) is 1. The quantitative estimate of drug-likeness (QED) is 0.770. The van der Waals surface area contributed by atoms with Gasteiger partial charge in [-0.3, -0.25) is 0 Å². The minimum Gasteiger partial charge on any atom is -0.493 e. The third-order valence-corrected chi connectivity index (χ3v) is 3.39. The Kier molecular flexibility index (Phi) is 5.76. The van der Waals surface area contributed by atoms with Crippen LogP contribution in [-0.2, 0) is 6.42 Å². The maximum Gasteiger partial charge on any atom is 0.127 e. The minimum absolute atomic E-state index is 0.348. The fraction of sp³-hybridized carbons (Fsp3) is 0.333. The second-order valence-electron chi connectivity index (χ2n) is 5.15. The number of rotatable bonds is 7. The SMILES string of the molecule is CC(O)c1ccc(F)cc1OCCCCc1ccccc1. The fourth-order valence-electron chi connectivity index (χ4n) is 2.24. The first kappa shape index (κ1) is 15.5. The topological polar surface area (TPSA) is 29.5 Å².